The van der Waals surface area contributed by atoms with Gasteiger partial charge in [0.1, 0.15) is 0 Å². The molecule has 110 valence electrons. The fraction of sp³-hybridized carbons (Fsp3) is 0.625. The van der Waals surface area contributed by atoms with Crippen molar-refractivity contribution in [1.82, 2.24) is 4.90 Å². The summed E-state index contributed by atoms with van der Waals surface area (Å²) in [5, 5.41) is 10.6. The molecule has 0 radical (unpaired) electrons. The van der Waals surface area contributed by atoms with Gasteiger partial charge < -0.3 is 10.8 Å². The quantitative estimate of drug-likeness (QED) is 0.898. The molecule has 3 nitrogen and oxygen atoms in total. The number of hydrogen-bond acceptors (Lipinski definition) is 3. The Morgan fingerprint density at radius 1 is 1.25 bits per heavy atom. The van der Waals surface area contributed by atoms with E-state index < -0.39 is 0 Å². The summed E-state index contributed by atoms with van der Waals surface area (Å²) in [7, 11) is 0. The third kappa shape index (κ3) is 2.86. The Morgan fingerprint density at radius 3 is 2.55 bits per heavy atom. The van der Waals surface area contributed by atoms with Crippen molar-refractivity contribution in [2.75, 3.05) is 6.54 Å². The fourth-order valence-electron chi connectivity index (χ4n) is 3.83. The van der Waals surface area contributed by atoms with Crippen molar-refractivity contribution in [1.29, 1.82) is 0 Å². The first kappa shape index (κ1) is 14.3. The number of piperidine rings is 1. The van der Waals surface area contributed by atoms with Crippen molar-refractivity contribution < 1.29 is 5.11 Å². The Labute approximate surface area is 125 Å². The van der Waals surface area contributed by atoms with E-state index in [1.165, 1.54) is 12.8 Å². The van der Waals surface area contributed by atoms with Crippen LogP contribution in [0.3, 0.4) is 0 Å². The Hall–Kier alpha value is -0.610. The molecule has 2 bridgehead atoms. The van der Waals surface area contributed by atoms with Crippen LogP contribution >= 0.6 is 11.6 Å². The number of hydrogen-bond donors (Lipinski definition) is 2. The summed E-state index contributed by atoms with van der Waals surface area (Å²) >= 11 is 6.20. The van der Waals surface area contributed by atoms with Gasteiger partial charge in [0, 0.05) is 29.7 Å². The number of rotatable bonds is 4. The van der Waals surface area contributed by atoms with Crippen LogP contribution in [0.4, 0.5) is 0 Å². The lowest BCUT2D eigenvalue weighted by Gasteiger charge is -2.37. The molecule has 20 heavy (non-hydrogen) atoms. The van der Waals surface area contributed by atoms with Gasteiger partial charge in [-0.25, -0.2) is 0 Å². The second-order valence-corrected chi connectivity index (χ2v) is 6.57. The molecule has 0 aromatic heterocycles. The molecule has 1 aromatic carbocycles. The van der Waals surface area contributed by atoms with Crippen molar-refractivity contribution in [3.63, 3.8) is 0 Å². The number of fused-ring (bicyclic) bond motifs is 2. The first-order valence-electron chi connectivity index (χ1n) is 7.59. The van der Waals surface area contributed by atoms with E-state index in [9.17, 15) is 5.11 Å². The van der Waals surface area contributed by atoms with Crippen LogP contribution in [0.5, 0.6) is 0 Å². The van der Waals surface area contributed by atoms with Gasteiger partial charge in [0.2, 0.25) is 0 Å². The normalized spacial score (nSPS) is 31.4. The van der Waals surface area contributed by atoms with Crippen LogP contribution in [-0.4, -0.2) is 34.7 Å². The zero-order valence-corrected chi connectivity index (χ0v) is 12.5. The second-order valence-electron chi connectivity index (χ2n) is 6.16. The van der Waals surface area contributed by atoms with E-state index >= 15 is 0 Å². The molecule has 0 amide bonds. The zero-order valence-electron chi connectivity index (χ0n) is 11.7. The van der Waals surface area contributed by atoms with Gasteiger partial charge in [0.15, 0.2) is 0 Å². The Morgan fingerprint density at radius 2 is 1.90 bits per heavy atom. The Bertz CT molecular complexity index is 454. The molecule has 2 saturated heterocycles. The van der Waals surface area contributed by atoms with Crippen LogP contribution in [0.1, 0.15) is 43.7 Å². The fourth-order valence-corrected chi connectivity index (χ4v) is 4.11. The van der Waals surface area contributed by atoms with Gasteiger partial charge >= 0.3 is 0 Å². The molecule has 2 heterocycles. The van der Waals surface area contributed by atoms with Gasteiger partial charge in [0.25, 0.3) is 0 Å². The highest BCUT2D eigenvalue weighted by Crippen LogP contribution is 2.36. The largest absolute Gasteiger partial charge is 0.393 e. The molecule has 4 heteroatoms. The van der Waals surface area contributed by atoms with E-state index in [4.69, 9.17) is 17.3 Å². The highest BCUT2D eigenvalue weighted by atomic mass is 35.5. The van der Waals surface area contributed by atoms with E-state index in [1.54, 1.807) is 0 Å². The lowest BCUT2D eigenvalue weighted by Crippen LogP contribution is -2.45. The van der Waals surface area contributed by atoms with Crippen LogP contribution in [0, 0.1) is 0 Å². The predicted molar refractivity (Wildman–Crippen MR) is 81.8 cm³/mol. The molecule has 2 fully saturated rings. The van der Waals surface area contributed by atoms with E-state index in [2.05, 4.69) is 4.90 Å². The monoisotopic (exact) mass is 294 g/mol. The zero-order chi connectivity index (χ0) is 14.1. The standard InChI is InChI=1S/C16H23ClN2O/c17-15-4-2-1-3-14(15)16(18)7-8-19-11-5-6-12(19)10-13(20)9-11/h1-4,11-13,16,20H,5-10,18H2. The number of nitrogens with two attached hydrogens (primary N) is 1. The number of aliphatic hydroxyl groups is 1. The average Bonchev–Trinajstić information content (AvgIpc) is 2.67. The number of nitrogens with zero attached hydrogens (tertiary/aromatic N) is 1. The van der Waals surface area contributed by atoms with E-state index in [1.807, 2.05) is 24.3 Å². The van der Waals surface area contributed by atoms with E-state index in [-0.39, 0.29) is 12.1 Å². The minimum Gasteiger partial charge on any atom is -0.393 e. The summed E-state index contributed by atoms with van der Waals surface area (Å²) in [4.78, 5) is 2.56. The van der Waals surface area contributed by atoms with Crippen molar-refractivity contribution in [2.24, 2.45) is 5.73 Å². The summed E-state index contributed by atoms with van der Waals surface area (Å²) in [6, 6.07) is 8.95. The molecule has 1 aromatic rings. The van der Waals surface area contributed by atoms with Gasteiger partial charge in [-0.15, -0.1) is 0 Å². The van der Waals surface area contributed by atoms with Crippen molar-refractivity contribution in [3.05, 3.63) is 34.9 Å². The smallest absolute Gasteiger partial charge is 0.0570 e. The minimum absolute atomic E-state index is 0.00468. The lowest BCUT2D eigenvalue weighted by molar-refractivity contribution is 0.0340. The molecule has 3 unspecified atom stereocenters. The Balaban J connectivity index is 1.59. The molecule has 3 atom stereocenters. The molecule has 2 aliphatic heterocycles. The maximum Gasteiger partial charge on any atom is 0.0570 e. The molecular weight excluding hydrogens is 272 g/mol. The molecule has 0 saturated carbocycles. The predicted octanol–water partition coefficient (Wildman–Crippen LogP) is 2.72. The van der Waals surface area contributed by atoms with Crippen LogP contribution < -0.4 is 5.73 Å². The van der Waals surface area contributed by atoms with Crippen LogP contribution in [0.2, 0.25) is 5.02 Å². The van der Waals surface area contributed by atoms with Crippen LogP contribution in [0.25, 0.3) is 0 Å². The third-order valence-electron chi connectivity index (χ3n) is 4.86. The maximum atomic E-state index is 9.83. The summed E-state index contributed by atoms with van der Waals surface area (Å²) < 4.78 is 0. The third-order valence-corrected chi connectivity index (χ3v) is 5.21. The first-order valence-corrected chi connectivity index (χ1v) is 7.96. The molecule has 3 N–H and O–H groups in total. The topological polar surface area (TPSA) is 49.5 Å². The van der Waals surface area contributed by atoms with Crippen LogP contribution in [-0.2, 0) is 0 Å². The van der Waals surface area contributed by atoms with Gasteiger partial charge in [-0.2, -0.15) is 0 Å². The number of benzene rings is 1. The van der Waals surface area contributed by atoms with E-state index in [0.717, 1.165) is 36.4 Å². The number of halogens is 1. The molecule has 3 rings (SSSR count). The highest BCUT2D eigenvalue weighted by Gasteiger charge is 2.39. The number of aliphatic hydroxyl groups excluding tert-OH is 1. The summed E-state index contributed by atoms with van der Waals surface area (Å²) in [6.45, 7) is 1.01. The van der Waals surface area contributed by atoms with Gasteiger partial charge in [0.05, 0.1) is 6.10 Å². The molecule has 0 aliphatic carbocycles. The van der Waals surface area contributed by atoms with Crippen LogP contribution in [0.15, 0.2) is 24.3 Å². The van der Waals surface area contributed by atoms with Gasteiger partial charge in [-0.05, 0) is 43.7 Å². The summed E-state index contributed by atoms with van der Waals surface area (Å²) in [5.41, 5.74) is 7.33. The molecular formula is C16H23ClN2O. The van der Waals surface area contributed by atoms with Crippen molar-refractivity contribution in [2.45, 2.75) is 56.3 Å². The molecule has 0 spiro atoms. The molecule has 2 aliphatic rings. The Kier molecular flexibility index (Phi) is 4.32. The minimum atomic E-state index is -0.0963. The van der Waals surface area contributed by atoms with Crippen molar-refractivity contribution >= 4 is 11.6 Å². The highest BCUT2D eigenvalue weighted by molar-refractivity contribution is 6.31. The van der Waals surface area contributed by atoms with Crippen molar-refractivity contribution in [3.8, 4) is 0 Å². The maximum absolute atomic E-state index is 9.83. The van der Waals surface area contributed by atoms with Gasteiger partial charge in [-0.1, -0.05) is 29.8 Å². The van der Waals surface area contributed by atoms with Gasteiger partial charge in [-0.3, -0.25) is 4.90 Å². The summed E-state index contributed by atoms with van der Waals surface area (Å²) in [6.07, 6.45) is 5.13. The first-order chi connectivity index (χ1) is 9.65. The lowest BCUT2D eigenvalue weighted by atomic mass is 9.98. The average molecular weight is 295 g/mol. The SMILES string of the molecule is NC(CCN1C2CCC1CC(O)C2)c1ccccc1Cl. The second kappa shape index (κ2) is 6.02. The van der Waals surface area contributed by atoms with E-state index in [0.29, 0.717) is 12.1 Å². The summed E-state index contributed by atoms with van der Waals surface area (Å²) in [5.74, 6) is 0.